The number of Topliss-reactive ketones (excluding diaryl/α,β-unsaturated/α-hetero) is 1. The molecule has 4 nitrogen and oxygen atoms in total. The van der Waals surface area contributed by atoms with Crippen LogP contribution in [0.5, 0.6) is 0 Å². The van der Waals surface area contributed by atoms with Gasteiger partial charge >= 0.3 is 7.60 Å². The number of carbonyl (C=O) groups excluding carboxylic acids is 1. The molecule has 2 aliphatic carbocycles. The third-order valence-corrected chi connectivity index (χ3v) is 6.24. The van der Waals surface area contributed by atoms with Gasteiger partial charge in [-0.3, -0.25) is 9.36 Å². The minimum Gasteiger partial charge on any atom is -0.308 e. The van der Waals surface area contributed by atoms with Gasteiger partial charge in [-0.2, -0.15) is 0 Å². The van der Waals surface area contributed by atoms with Crippen LogP contribution < -0.4 is 0 Å². The second-order valence-corrected chi connectivity index (χ2v) is 7.12. The molecule has 2 atom stereocenters. The Morgan fingerprint density at radius 1 is 1.28 bits per heavy atom. The van der Waals surface area contributed by atoms with Crippen molar-refractivity contribution >= 4 is 13.4 Å². The summed E-state index contributed by atoms with van der Waals surface area (Å²) in [7, 11) is -3.29. The smallest absolute Gasteiger partial charge is 0.308 e. The number of carbonyl (C=O) groups is 1. The molecule has 0 saturated carbocycles. The Bertz CT molecular complexity index is 417. The van der Waals surface area contributed by atoms with E-state index in [1.807, 2.05) is 0 Å². The first-order valence-corrected chi connectivity index (χ1v) is 8.29. The number of hydrogen-bond acceptors (Lipinski definition) is 4. The molecule has 0 radical (unpaired) electrons. The van der Waals surface area contributed by atoms with E-state index in [1.165, 1.54) is 5.57 Å². The van der Waals surface area contributed by atoms with Crippen molar-refractivity contribution < 1.29 is 18.4 Å². The van der Waals surface area contributed by atoms with Crippen LogP contribution in [0, 0.1) is 5.92 Å². The van der Waals surface area contributed by atoms with Gasteiger partial charge < -0.3 is 9.05 Å². The molecule has 0 aromatic heterocycles. The van der Waals surface area contributed by atoms with Crippen LogP contribution in [-0.2, 0) is 18.4 Å². The molecule has 2 aliphatic rings. The van der Waals surface area contributed by atoms with Gasteiger partial charge in [-0.15, -0.1) is 0 Å². The molecule has 0 aliphatic heterocycles. The Morgan fingerprint density at radius 3 is 2.39 bits per heavy atom. The predicted molar refractivity (Wildman–Crippen MR) is 69.7 cm³/mol. The van der Waals surface area contributed by atoms with Gasteiger partial charge in [0, 0.05) is 0 Å². The third kappa shape index (κ3) is 2.22. The molecule has 102 valence electrons. The number of hydrogen-bond donors (Lipinski definition) is 0. The molecule has 18 heavy (non-hydrogen) atoms. The summed E-state index contributed by atoms with van der Waals surface area (Å²) in [5.74, 6) is 0.435. The van der Waals surface area contributed by atoms with E-state index in [-0.39, 0.29) is 5.78 Å². The van der Waals surface area contributed by atoms with Gasteiger partial charge in [0.1, 0.15) is 5.66 Å². The largest absolute Gasteiger partial charge is 0.341 e. The third-order valence-electron chi connectivity index (χ3n) is 3.82. The fraction of sp³-hybridized carbons (Fsp3) is 0.769. The van der Waals surface area contributed by atoms with Crippen LogP contribution in [0.4, 0.5) is 0 Å². The number of ketones is 1. The minimum atomic E-state index is -3.29. The molecule has 5 heteroatoms. The zero-order valence-electron chi connectivity index (χ0n) is 11.3. The quantitative estimate of drug-likeness (QED) is 0.720. The van der Waals surface area contributed by atoms with E-state index < -0.39 is 13.3 Å². The van der Waals surface area contributed by atoms with E-state index in [1.54, 1.807) is 13.8 Å². The molecule has 0 aromatic rings. The Morgan fingerprint density at radius 2 is 1.89 bits per heavy atom. The highest BCUT2D eigenvalue weighted by atomic mass is 31.2. The molecule has 0 aromatic carbocycles. The van der Waals surface area contributed by atoms with E-state index >= 15 is 0 Å². The summed E-state index contributed by atoms with van der Waals surface area (Å²) in [6.45, 7) is 6.29. The average molecular weight is 272 g/mol. The van der Waals surface area contributed by atoms with Crippen LogP contribution in [0.2, 0.25) is 0 Å². The van der Waals surface area contributed by atoms with Crippen molar-refractivity contribution in [3.63, 3.8) is 0 Å². The average Bonchev–Trinajstić information content (AvgIpc) is 2.82. The summed E-state index contributed by atoms with van der Waals surface area (Å²) in [5, 5.41) is 0. The monoisotopic (exact) mass is 272 g/mol. The van der Waals surface area contributed by atoms with E-state index in [0.29, 0.717) is 25.6 Å². The van der Waals surface area contributed by atoms with Crippen molar-refractivity contribution in [3.05, 3.63) is 11.1 Å². The number of rotatable bonds is 5. The van der Waals surface area contributed by atoms with Gasteiger partial charge in [0.05, 0.1) is 13.2 Å². The van der Waals surface area contributed by atoms with E-state index in [4.69, 9.17) is 9.05 Å². The summed E-state index contributed by atoms with van der Waals surface area (Å²) in [6.07, 6.45) is 2.42. The van der Waals surface area contributed by atoms with Crippen LogP contribution in [0.3, 0.4) is 0 Å². The molecule has 0 N–H and O–H groups in total. The van der Waals surface area contributed by atoms with Crippen molar-refractivity contribution in [2.24, 2.45) is 5.92 Å². The summed E-state index contributed by atoms with van der Waals surface area (Å²) in [6, 6.07) is 0. The number of allylic oxidation sites excluding steroid dienone is 2. The van der Waals surface area contributed by atoms with E-state index in [0.717, 1.165) is 18.4 Å². The Kier molecular flexibility index (Phi) is 4.10. The first-order valence-electron chi connectivity index (χ1n) is 6.68. The molecule has 2 unspecified atom stereocenters. The van der Waals surface area contributed by atoms with Crippen LogP contribution in [-0.4, -0.2) is 24.7 Å². The molecule has 0 heterocycles. The summed E-state index contributed by atoms with van der Waals surface area (Å²) in [5.41, 5.74) is 1.49. The molecular weight excluding hydrogens is 251 g/mol. The fourth-order valence-electron chi connectivity index (χ4n) is 2.93. The fourth-order valence-corrected chi connectivity index (χ4v) is 4.95. The highest BCUT2D eigenvalue weighted by molar-refractivity contribution is 7.55. The summed E-state index contributed by atoms with van der Waals surface area (Å²) >= 11 is 0. The Hall–Kier alpha value is -0.440. The second kappa shape index (κ2) is 5.28. The van der Waals surface area contributed by atoms with Crippen LogP contribution in [0.15, 0.2) is 11.1 Å². The van der Waals surface area contributed by atoms with E-state index in [9.17, 15) is 9.36 Å². The maximum Gasteiger partial charge on any atom is 0.341 e. The van der Waals surface area contributed by atoms with Gasteiger partial charge in [0.2, 0.25) is 0 Å². The van der Waals surface area contributed by atoms with Gasteiger partial charge in [-0.25, -0.2) is 0 Å². The van der Waals surface area contributed by atoms with E-state index in [2.05, 4.69) is 6.92 Å². The predicted octanol–water partition coefficient (Wildman–Crippen LogP) is 3.32. The van der Waals surface area contributed by atoms with Crippen molar-refractivity contribution in [1.29, 1.82) is 0 Å². The van der Waals surface area contributed by atoms with Crippen molar-refractivity contribution in [2.75, 3.05) is 13.2 Å². The Labute approximate surface area is 108 Å². The highest BCUT2D eigenvalue weighted by Crippen LogP contribution is 2.60. The summed E-state index contributed by atoms with van der Waals surface area (Å²) in [4.78, 5) is 12.3. The maximum absolute atomic E-state index is 12.7. The van der Waals surface area contributed by atoms with Gasteiger partial charge in [0.25, 0.3) is 0 Å². The normalized spacial score (nSPS) is 28.1. The molecule has 0 spiro atoms. The van der Waals surface area contributed by atoms with Crippen LogP contribution in [0.25, 0.3) is 0 Å². The van der Waals surface area contributed by atoms with Gasteiger partial charge in [-0.1, -0.05) is 12.5 Å². The topological polar surface area (TPSA) is 52.6 Å². The molecular formula is C13H21O4P. The molecule has 2 rings (SSSR count). The van der Waals surface area contributed by atoms with Gasteiger partial charge in [0.15, 0.2) is 5.78 Å². The molecule has 0 fully saturated rings. The van der Waals surface area contributed by atoms with Crippen LogP contribution >= 0.6 is 7.60 Å². The van der Waals surface area contributed by atoms with Crippen molar-refractivity contribution in [2.45, 2.75) is 45.7 Å². The lowest BCUT2D eigenvalue weighted by Crippen LogP contribution is -2.21. The first kappa shape index (κ1) is 14.0. The lowest BCUT2D eigenvalue weighted by atomic mass is 10.0. The van der Waals surface area contributed by atoms with Gasteiger partial charge in [-0.05, 0) is 44.6 Å². The molecule has 0 amide bonds. The zero-order chi connectivity index (χ0) is 13.3. The minimum absolute atomic E-state index is 0.000386. The standard InChI is InChI=1S/C13H21O4P/c1-4-16-18(15,17-5-2)12-8-11-9(3)6-7-10(11)13(12)14/h9,12H,4-8H2,1-3H3. The summed E-state index contributed by atoms with van der Waals surface area (Å²) < 4.78 is 23.3. The molecule has 0 bridgehead atoms. The first-order chi connectivity index (χ1) is 8.53. The lowest BCUT2D eigenvalue weighted by molar-refractivity contribution is -0.115. The SMILES string of the molecule is CCOP(=O)(OCC)C1CC2=C(CCC2C)C1=O. The van der Waals surface area contributed by atoms with Crippen molar-refractivity contribution in [1.82, 2.24) is 0 Å². The maximum atomic E-state index is 12.7. The second-order valence-electron chi connectivity index (χ2n) is 4.90. The lowest BCUT2D eigenvalue weighted by Gasteiger charge is -2.23. The van der Waals surface area contributed by atoms with Crippen LogP contribution in [0.1, 0.15) is 40.0 Å². The zero-order valence-corrected chi connectivity index (χ0v) is 12.2. The Balaban J connectivity index is 2.21. The van der Waals surface area contributed by atoms with Crippen molar-refractivity contribution in [3.8, 4) is 0 Å². The molecule has 0 saturated heterocycles. The highest BCUT2D eigenvalue weighted by Gasteiger charge is 2.49.